The summed E-state index contributed by atoms with van der Waals surface area (Å²) < 4.78 is 6.97. The summed E-state index contributed by atoms with van der Waals surface area (Å²) in [4.78, 5) is 47.7. The lowest BCUT2D eigenvalue weighted by atomic mass is 10.1. The number of anilines is 1. The highest BCUT2D eigenvalue weighted by atomic mass is 35.5. The molecule has 1 amide bonds. The summed E-state index contributed by atoms with van der Waals surface area (Å²) in [5, 5.41) is 0.896. The van der Waals surface area contributed by atoms with Gasteiger partial charge in [-0.1, -0.05) is 37.0 Å². The SMILES string of the molecule is CCc1ncnc(CC)c1-n1c(=O)nc(N2CCN(C(=O)OC(C)(C)C)CC2C)c2cc(Cl)c(Cl)nc21. The Morgan fingerprint density at radius 3 is 2.32 bits per heavy atom. The number of carbonyl (C=O) groups is 1. The molecule has 3 aromatic heterocycles. The highest BCUT2D eigenvalue weighted by Crippen LogP contribution is 2.33. The van der Waals surface area contributed by atoms with E-state index in [0.29, 0.717) is 66.4 Å². The number of aryl methyl sites for hydroxylation is 2. The van der Waals surface area contributed by atoms with Gasteiger partial charge in [0.25, 0.3) is 0 Å². The maximum Gasteiger partial charge on any atom is 0.410 e. The van der Waals surface area contributed by atoms with Gasteiger partial charge in [-0.05, 0) is 46.6 Å². The standard InChI is InChI=1S/C25H31Cl2N7O3/c1-7-17-19(18(8-2)29-13-28-17)34-22-15(11-16(26)20(27)30-22)21(31-23(34)35)33-10-9-32(12-14(33)3)24(36)37-25(4,5)6/h11,13-14H,7-10,12H2,1-6H3. The number of rotatable bonds is 4. The first-order valence-corrected chi connectivity index (χ1v) is 13.1. The third kappa shape index (κ3) is 5.36. The summed E-state index contributed by atoms with van der Waals surface area (Å²) in [7, 11) is 0. The fourth-order valence-corrected chi connectivity index (χ4v) is 4.79. The van der Waals surface area contributed by atoms with E-state index in [1.165, 1.54) is 10.9 Å². The molecule has 4 heterocycles. The fraction of sp³-hybridized carbons (Fsp3) is 0.520. The van der Waals surface area contributed by atoms with Crippen LogP contribution < -0.4 is 10.6 Å². The number of pyridine rings is 1. The molecule has 4 rings (SSSR count). The van der Waals surface area contributed by atoms with E-state index in [9.17, 15) is 9.59 Å². The molecule has 1 saturated heterocycles. The van der Waals surface area contributed by atoms with Gasteiger partial charge in [-0.25, -0.2) is 29.1 Å². The zero-order valence-corrected chi connectivity index (χ0v) is 23.4. The predicted molar refractivity (Wildman–Crippen MR) is 144 cm³/mol. The van der Waals surface area contributed by atoms with Crippen molar-refractivity contribution < 1.29 is 9.53 Å². The number of aromatic nitrogens is 5. The average molecular weight is 548 g/mol. The minimum atomic E-state index is -0.586. The summed E-state index contributed by atoms with van der Waals surface area (Å²) in [6.07, 6.45) is 2.31. The number of halogens is 2. The minimum absolute atomic E-state index is 0.0789. The molecular weight excluding hydrogens is 517 g/mol. The maximum absolute atomic E-state index is 13.6. The van der Waals surface area contributed by atoms with E-state index in [0.717, 1.165) is 0 Å². The molecule has 37 heavy (non-hydrogen) atoms. The van der Waals surface area contributed by atoms with Crippen molar-refractivity contribution in [1.29, 1.82) is 0 Å². The topological polar surface area (TPSA) is 106 Å². The Morgan fingerprint density at radius 1 is 1.11 bits per heavy atom. The quantitative estimate of drug-likeness (QED) is 0.441. The van der Waals surface area contributed by atoms with Gasteiger partial charge in [0, 0.05) is 25.7 Å². The maximum atomic E-state index is 13.6. The predicted octanol–water partition coefficient (Wildman–Crippen LogP) is 4.45. The first-order chi connectivity index (χ1) is 17.4. The van der Waals surface area contributed by atoms with Gasteiger partial charge in [-0.3, -0.25) is 0 Å². The van der Waals surface area contributed by atoms with Crippen molar-refractivity contribution in [3.8, 4) is 5.69 Å². The fourth-order valence-electron chi connectivity index (χ4n) is 4.50. The van der Waals surface area contributed by atoms with Crippen LogP contribution >= 0.6 is 23.2 Å². The summed E-state index contributed by atoms with van der Waals surface area (Å²) in [5.74, 6) is 0.437. The van der Waals surface area contributed by atoms with E-state index < -0.39 is 11.3 Å². The number of carbonyl (C=O) groups excluding carboxylic acids is 1. The molecule has 10 nitrogen and oxygen atoms in total. The molecule has 1 aliphatic heterocycles. The molecule has 0 aromatic carbocycles. The highest BCUT2D eigenvalue weighted by molar-refractivity contribution is 6.41. The van der Waals surface area contributed by atoms with Crippen LogP contribution in [-0.2, 0) is 17.6 Å². The van der Waals surface area contributed by atoms with Crippen LogP contribution in [0.1, 0.15) is 52.9 Å². The number of fused-ring (bicyclic) bond motifs is 1. The third-order valence-corrected chi connectivity index (χ3v) is 6.85. The van der Waals surface area contributed by atoms with Crippen molar-refractivity contribution in [3.63, 3.8) is 0 Å². The number of piperazine rings is 1. The molecule has 0 saturated carbocycles. The third-order valence-electron chi connectivity index (χ3n) is 6.18. The Balaban J connectivity index is 1.84. The molecule has 0 bridgehead atoms. The molecule has 12 heteroatoms. The van der Waals surface area contributed by atoms with Crippen LogP contribution in [0.25, 0.3) is 16.7 Å². The smallest absolute Gasteiger partial charge is 0.410 e. The zero-order valence-electron chi connectivity index (χ0n) is 21.9. The summed E-state index contributed by atoms with van der Waals surface area (Å²) >= 11 is 12.7. The van der Waals surface area contributed by atoms with E-state index in [-0.39, 0.29) is 22.3 Å². The van der Waals surface area contributed by atoms with Crippen molar-refractivity contribution in [2.45, 2.75) is 66.0 Å². The van der Waals surface area contributed by atoms with Crippen LogP contribution in [0.4, 0.5) is 10.6 Å². The van der Waals surface area contributed by atoms with Crippen LogP contribution in [0.3, 0.4) is 0 Å². The molecule has 1 aliphatic rings. The van der Waals surface area contributed by atoms with Crippen LogP contribution in [0, 0.1) is 0 Å². The second-order valence-corrected chi connectivity index (χ2v) is 10.7. The lowest BCUT2D eigenvalue weighted by Gasteiger charge is -2.41. The van der Waals surface area contributed by atoms with Crippen molar-refractivity contribution in [3.05, 3.63) is 44.4 Å². The van der Waals surface area contributed by atoms with E-state index in [2.05, 4.69) is 19.9 Å². The van der Waals surface area contributed by atoms with Crippen molar-refractivity contribution >= 4 is 46.1 Å². The summed E-state index contributed by atoms with van der Waals surface area (Å²) in [6, 6.07) is 1.53. The molecule has 0 N–H and O–H groups in total. The van der Waals surface area contributed by atoms with E-state index >= 15 is 0 Å². The number of hydrogen-bond acceptors (Lipinski definition) is 8. The second kappa shape index (κ2) is 10.4. The second-order valence-electron chi connectivity index (χ2n) is 9.98. The number of hydrogen-bond donors (Lipinski definition) is 0. The number of ether oxygens (including phenoxy) is 1. The van der Waals surface area contributed by atoms with Gasteiger partial charge in [0.05, 0.1) is 27.5 Å². The average Bonchev–Trinajstić information content (AvgIpc) is 2.83. The lowest BCUT2D eigenvalue weighted by molar-refractivity contribution is 0.0218. The molecule has 1 unspecified atom stereocenters. The van der Waals surface area contributed by atoms with Gasteiger partial charge in [-0.15, -0.1) is 0 Å². The van der Waals surface area contributed by atoms with E-state index in [1.807, 2.05) is 46.4 Å². The Morgan fingerprint density at radius 2 is 1.76 bits per heavy atom. The van der Waals surface area contributed by atoms with Crippen LogP contribution in [0.5, 0.6) is 0 Å². The van der Waals surface area contributed by atoms with Crippen LogP contribution in [-0.4, -0.2) is 66.8 Å². The Bertz CT molecular complexity index is 1380. The van der Waals surface area contributed by atoms with Gasteiger partial charge >= 0.3 is 11.8 Å². The molecule has 1 fully saturated rings. The van der Waals surface area contributed by atoms with Gasteiger partial charge < -0.3 is 14.5 Å². The lowest BCUT2D eigenvalue weighted by Crippen LogP contribution is -2.55. The molecule has 0 aliphatic carbocycles. The molecule has 3 aromatic rings. The zero-order chi connectivity index (χ0) is 27.1. The largest absolute Gasteiger partial charge is 0.444 e. The number of amides is 1. The van der Waals surface area contributed by atoms with Gasteiger partial charge in [0.15, 0.2) is 5.65 Å². The molecular formula is C25H31Cl2N7O3. The Hall–Kier alpha value is -2.98. The molecule has 1 atom stereocenters. The first-order valence-electron chi connectivity index (χ1n) is 12.3. The van der Waals surface area contributed by atoms with Gasteiger partial charge in [0.1, 0.15) is 22.9 Å². The van der Waals surface area contributed by atoms with Gasteiger partial charge in [0.2, 0.25) is 0 Å². The highest BCUT2D eigenvalue weighted by Gasteiger charge is 2.32. The summed E-state index contributed by atoms with van der Waals surface area (Å²) in [6.45, 7) is 12.7. The first kappa shape index (κ1) is 27.1. The summed E-state index contributed by atoms with van der Waals surface area (Å²) in [5.41, 5.74) is 1.20. The van der Waals surface area contributed by atoms with Crippen LogP contribution in [0.2, 0.25) is 10.2 Å². The molecule has 198 valence electrons. The molecule has 0 radical (unpaired) electrons. The van der Waals surface area contributed by atoms with E-state index in [4.69, 9.17) is 27.9 Å². The normalized spacial score (nSPS) is 16.4. The van der Waals surface area contributed by atoms with Gasteiger partial charge in [-0.2, -0.15) is 4.98 Å². The number of nitrogens with zero attached hydrogens (tertiary/aromatic N) is 7. The van der Waals surface area contributed by atoms with E-state index in [1.54, 1.807) is 11.0 Å². The minimum Gasteiger partial charge on any atom is -0.444 e. The molecule has 0 spiro atoms. The van der Waals surface area contributed by atoms with Crippen molar-refractivity contribution in [2.75, 3.05) is 24.5 Å². The monoisotopic (exact) mass is 547 g/mol. The Labute approximate surface area is 225 Å². The Kier molecular flexibility index (Phi) is 7.62. The van der Waals surface area contributed by atoms with Crippen molar-refractivity contribution in [1.82, 2.24) is 29.4 Å². The van der Waals surface area contributed by atoms with Crippen molar-refractivity contribution in [2.24, 2.45) is 0 Å². The van der Waals surface area contributed by atoms with Crippen LogP contribution in [0.15, 0.2) is 17.2 Å².